The summed E-state index contributed by atoms with van der Waals surface area (Å²) in [7, 11) is 1.55. The largest absolute Gasteiger partial charge is 0.497 e. The molecule has 176 valence electrons. The molecule has 34 heavy (non-hydrogen) atoms. The van der Waals surface area contributed by atoms with Gasteiger partial charge in [-0.3, -0.25) is 14.2 Å². The molecule has 0 aliphatic rings. The number of Topliss-reactive ketones (excluding diaryl/α,β-unsaturated/α-hetero) is 1. The molecule has 0 unspecified atom stereocenters. The van der Waals surface area contributed by atoms with Crippen molar-refractivity contribution in [1.82, 2.24) is 4.57 Å². The smallest absolute Gasteiger partial charge is 0.271 e. The van der Waals surface area contributed by atoms with Gasteiger partial charge in [0.05, 0.1) is 19.2 Å². The molecule has 0 radical (unpaired) electrons. The predicted octanol–water partition coefficient (Wildman–Crippen LogP) is 4.48. The number of ketones is 1. The van der Waals surface area contributed by atoms with Crippen LogP contribution in [0.3, 0.4) is 0 Å². The first-order chi connectivity index (χ1) is 16.2. The van der Waals surface area contributed by atoms with Crippen molar-refractivity contribution in [3.63, 3.8) is 0 Å². The Bertz CT molecular complexity index is 1310. The molecule has 0 aliphatic heterocycles. The number of aromatic nitrogens is 1. The van der Waals surface area contributed by atoms with Crippen LogP contribution >= 0.6 is 0 Å². The minimum atomic E-state index is -0.661. The number of nitrogens with zero attached hydrogens (tertiary/aromatic N) is 2. The van der Waals surface area contributed by atoms with Gasteiger partial charge in [-0.05, 0) is 60.2 Å². The number of nitriles is 1. The molecule has 0 saturated heterocycles. The molecule has 3 rings (SSSR count). The van der Waals surface area contributed by atoms with Crippen molar-refractivity contribution in [3.8, 4) is 23.4 Å². The SMILES string of the molecule is COc1ccc(Cn2c(O)c(C(=O)COc3cc(C)ccc3C(C)C)c(C)c(C#N)c2=O)cc1. The Morgan fingerprint density at radius 2 is 1.82 bits per heavy atom. The summed E-state index contributed by atoms with van der Waals surface area (Å²) in [5.74, 6) is 0.419. The van der Waals surface area contributed by atoms with E-state index in [0.717, 1.165) is 15.7 Å². The summed E-state index contributed by atoms with van der Waals surface area (Å²) in [6.07, 6.45) is 0. The zero-order valence-corrected chi connectivity index (χ0v) is 20.0. The zero-order chi connectivity index (χ0) is 25.0. The van der Waals surface area contributed by atoms with Crippen molar-refractivity contribution in [3.05, 3.63) is 86.2 Å². The summed E-state index contributed by atoms with van der Waals surface area (Å²) in [4.78, 5) is 26.1. The van der Waals surface area contributed by atoms with Gasteiger partial charge in [-0.1, -0.05) is 38.1 Å². The Morgan fingerprint density at radius 1 is 1.15 bits per heavy atom. The second-order valence-corrected chi connectivity index (χ2v) is 8.46. The molecular weight excluding hydrogens is 432 g/mol. The number of ether oxygens (including phenoxy) is 2. The van der Waals surface area contributed by atoms with Gasteiger partial charge in [0.1, 0.15) is 23.1 Å². The normalized spacial score (nSPS) is 10.7. The van der Waals surface area contributed by atoms with E-state index in [9.17, 15) is 20.0 Å². The highest BCUT2D eigenvalue weighted by Gasteiger charge is 2.25. The number of aryl methyl sites for hydroxylation is 1. The molecule has 7 nitrogen and oxygen atoms in total. The third-order valence-corrected chi connectivity index (χ3v) is 5.73. The van der Waals surface area contributed by atoms with E-state index in [1.165, 1.54) is 6.92 Å². The molecule has 0 fully saturated rings. The van der Waals surface area contributed by atoms with Gasteiger partial charge in [0.25, 0.3) is 5.56 Å². The number of hydrogen-bond acceptors (Lipinski definition) is 6. The number of carbonyl (C=O) groups is 1. The fourth-order valence-electron chi connectivity index (χ4n) is 3.80. The zero-order valence-electron chi connectivity index (χ0n) is 20.0. The van der Waals surface area contributed by atoms with Crippen LogP contribution in [-0.2, 0) is 6.54 Å². The molecule has 1 aromatic heterocycles. The molecule has 7 heteroatoms. The average molecular weight is 461 g/mol. The van der Waals surface area contributed by atoms with Crippen molar-refractivity contribution < 1.29 is 19.4 Å². The van der Waals surface area contributed by atoms with Crippen LogP contribution in [0.1, 0.15) is 57.9 Å². The number of aromatic hydroxyl groups is 1. The molecule has 0 atom stereocenters. The van der Waals surface area contributed by atoms with Crippen LogP contribution in [0, 0.1) is 25.2 Å². The second-order valence-electron chi connectivity index (χ2n) is 8.46. The molecule has 0 bridgehead atoms. The fraction of sp³-hybridized carbons (Fsp3) is 0.296. The third kappa shape index (κ3) is 4.96. The van der Waals surface area contributed by atoms with Crippen LogP contribution in [0.4, 0.5) is 0 Å². The van der Waals surface area contributed by atoms with E-state index in [1.807, 2.05) is 45.0 Å². The molecule has 1 N–H and O–H groups in total. The quantitative estimate of drug-likeness (QED) is 0.497. The van der Waals surface area contributed by atoms with Gasteiger partial charge < -0.3 is 14.6 Å². The summed E-state index contributed by atoms with van der Waals surface area (Å²) in [5.41, 5.74) is 1.84. The molecular formula is C27H28N2O5. The van der Waals surface area contributed by atoms with Gasteiger partial charge in [0.2, 0.25) is 11.7 Å². The molecule has 2 aromatic carbocycles. The van der Waals surface area contributed by atoms with Crippen molar-refractivity contribution in [2.75, 3.05) is 13.7 Å². The minimum absolute atomic E-state index is 0.0138. The third-order valence-electron chi connectivity index (χ3n) is 5.73. The molecule has 1 heterocycles. The molecule has 0 saturated carbocycles. The van der Waals surface area contributed by atoms with E-state index in [2.05, 4.69) is 0 Å². The first kappa shape index (κ1) is 24.6. The summed E-state index contributed by atoms with van der Waals surface area (Å²) in [5, 5.41) is 20.5. The van der Waals surface area contributed by atoms with Gasteiger partial charge in [0.15, 0.2) is 6.61 Å². The van der Waals surface area contributed by atoms with Crippen LogP contribution in [-0.4, -0.2) is 29.2 Å². The van der Waals surface area contributed by atoms with Crippen LogP contribution in [0.15, 0.2) is 47.3 Å². The highest BCUT2D eigenvalue weighted by molar-refractivity contribution is 6.01. The Hall–Kier alpha value is -4.05. The summed E-state index contributed by atoms with van der Waals surface area (Å²) < 4.78 is 12.0. The van der Waals surface area contributed by atoms with Crippen molar-refractivity contribution >= 4 is 5.78 Å². The Kier molecular flexibility index (Phi) is 7.42. The van der Waals surface area contributed by atoms with E-state index >= 15 is 0 Å². The van der Waals surface area contributed by atoms with Crippen molar-refractivity contribution in [2.24, 2.45) is 0 Å². The standard InChI is InChI=1S/C27H28N2O5/c1-16(2)21-11-6-17(3)12-24(21)34-15-23(30)25-18(4)22(13-28)26(31)29(27(25)32)14-19-7-9-20(33-5)10-8-19/h6-12,16,32H,14-15H2,1-5H3. The molecule has 0 spiro atoms. The molecule has 0 aliphatic carbocycles. The highest BCUT2D eigenvalue weighted by Crippen LogP contribution is 2.29. The lowest BCUT2D eigenvalue weighted by Gasteiger charge is -2.17. The summed E-state index contributed by atoms with van der Waals surface area (Å²) in [6.45, 7) is 7.12. The molecule has 3 aromatic rings. The van der Waals surface area contributed by atoms with Gasteiger partial charge in [0, 0.05) is 0 Å². The van der Waals surface area contributed by atoms with Gasteiger partial charge in [-0.25, -0.2) is 0 Å². The van der Waals surface area contributed by atoms with E-state index in [4.69, 9.17) is 9.47 Å². The lowest BCUT2D eigenvalue weighted by molar-refractivity contribution is 0.0915. The van der Waals surface area contributed by atoms with E-state index in [-0.39, 0.29) is 35.8 Å². The number of carbonyl (C=O) groups excluding carboxylic acids is 1. The van der Waals surface area contributed by atoms with Crippen molar-refractivity contribution in [2.45, 2.75) is 40.2 Å². The monoisotopic (exact) mass is 460 g/mol. The number of rotatable bonds is 8. The maximum Gasteiger partial charge on any atom is 0.271 e. The lowest BCUT2D eigenvalue weighted by atomic mass is 10.00. The first-order valence-electron chi connectivity index (χ1n) is 10.9. The first-order valence-corrected chi connectivity index (χ1v) is 10.9. The Balaban J connectivity index is 1.98. The van der Waals surface area contributed by atoms with Gasteiger partial charge >= 0.3 is 0 Å². The van der Waals surface area contributed by atoms with Crippen LogP contribution in [0.2, 0.25) is 0 Å². The number of hydrogen-bond donors (Lipinski definition) is 1. The van der Waals surface area contributed by atoms with Crippen LogP contribution in [0.5, 0.6) is 17.4 Å². The Labute approximate surface area is 198 Å². The predicted molar refractivity (Wildman–Crippen MR) is 129 cm³/mol. The Morgan fingerprint density at radius 3 is 2.41 bits per heavy atom. The number of benzene rings is 2. The van der Waals surface area contributed by atoms with E-state index in [0.29, 0.717) is 17.1 Å². The summed E-state index contributed by atoms with van der Waals surface area (Å²) >= 11 is 0. The fourth-order valence-corrected chi connectivity index (χ4v) is 3.80. The number of pyridine rings is 1. The minimum Gasteiger partial charge on any atom is -0.497 e. The topological polar surface area (TPSA) is 102 Å². The number of methoxy groups -OCH3 is 1. The van der Waals surface area contributed by atoms with E-state index in [1.54, 1.807) is 31.4 Å². The molecule has 0 amide bonds. The van der Waals surface area contributed by atoms with Gasteiger partial charge in [-0.2, -0.15) is 5.26 Å². The summed E-state index contributed by atoms with van der Waals surface area (Å²) in [6, 6.07) is 14.6. The second kappa shape index (κ2) is 10.3. The van der Waals surface area contributed by atoms with Crippen LogP contribution < -0.4 is 15.0 Å². The van der Waals surface area contributed by atoms with Crippen LogP contribution in [0.25, 0.3) is 0 Å². The maximum absolute atomic E-state index is 13.2. The van der Waals surface area contributed by atoms with Gasteiger partial charge in [-0.15, -0.1) is 0 Å². The lowest BCUT2D eigenvalue weighted by Crippen LogP contribution is -2.28. The van der Waals surface area contributed by atoms with E-state index < -0.39 is 17.2 Å². The average Bonchev–Trinajstić information content (AvgIpc) is 2.81. The van der Waals surface area contributed by atoms with Crippen molar-refractivity contribution in [1.29, 1.82) is 5.26 Å². The highest BCUT2D eigenvalue weighted by atomic mass is 16.5. The maximum atomic E-state index is 13.2.